The number of hydrogen-bond donors (Lipinski definition) is 0. The summed E-state index contributed by atoms with van der Waals surface area (Å²) in [4.78, 5) is 29.0. The van der Waals surface area contributed by atoms with Crippen molar-refractivity contribution in [3.63, 3.8) is 0 Å². The molecule has 0 saturated carbocycles. The Bertz CT molecular complexity index is 730. The van der Waals surface area contributed by atoms with E-state index in [4.69, 9.17) is 9.47 Å². The molecule has 136 valence electrons. The third kappa shape index (κ3) is 3.49. The maximum Gasteiger partial charge on any atom is 0.257 e. The molecule has 0 aliphatic carbocycles. The summed E-state index contributed by atoms with van der Waals surface area (Å²) in [7, 11) is 3.10. The summed E-state index contributed by atoms with van der Waals surface area (Å²) < 4.78 is 10.5. The van der Waals surface area contributed by atoms with Crippen LogP contribution in [0, 0.1) is 0 Å². The maximum absolute atomic E-state index is 12.7. The van der Waals surface area contributed by atoms with Gasteiger partial charge in [0.25, 0.3) is 11.8 Å². The molecule has 0 spiro atoms. The van der Waals surface area contributed by atoms with Crippen molar-refractivity contribution in [1.29, 1.82) is 0 Å². The van der Waals surface area contributed by atoms with Gasteiger partial charge in [-0.05, 0) is 24.3 Å². The van der Waals surface area contributed by atoms with Crippen LogP contribution < -0.4 is 9.47 Å². The number of nitrogens with zero attached hydrogens (tertiary/aromatic N) is 2. The Kier molecular flexibility index (Phi) is 5.41. The lowest BCUT2D eigenvalue weighted by molar-refractivity contribution is 0.0532. The number of benzene rings is 2. The molecule has 2 aromatic carbocycles. The topological polar surface area (TPSA) is 59.1 Å². The molecule has 3 rings (SSSR count). The van der Waals surface area contributed by atoms with Gasteiger partial charge in [0.15, 0.2) is 0 Å². The van der Waals surface area contributed by atoms with E-state index in [1.807, 2.05) is 24.3 Å². The predicted octanol–water partition coefficient (Wildman–Crippen LogP) is 2.30. The standard InChI is InChI=1S/C20H22N2O4/c1-25-17-9-5-3-7-15(17)19(23)21-11-13-22(14-12-21)20(24)16-8-4-6-10-18(16)26-2/h3-10H,11-14H2,1-2H3. The van der Waals surface area contributed by atoms with Gasteiger partial charge < -0.3 is 19.3 Å². The molecule has 2 aromatic rings. The van der Waals surface area contributed by atoms with E-state index < -0.39 is 0 Å². The van der Waals surface area contributed by atoms with Gasteiger partial charge in [0.1, 0.15) is 11.5 Å². The fourth-order valence-corrected chi connectivity index (χ4v) is 3.10. The van der Waals surface area contributed by atoms with Crippen LogP contribution in [0.2, 0.25) is 0 Å². The minimum absolute atomic E-state index is 0.0770. The lowest BCUT2D eigenvalue weighted by Gasteiger charge is -2.35. The van der Waals surface area contributed by atoms with Crippen molar-refractivity contribution in [3.8, 4) is 11.5 Å². The fraction of sp³-hybridized carbons (Fsp3) is 0.300. The SMILES string of the molecule is COc1ccccc1C(=O)N1CCN(C(=O)c2ccccc2OC)CC1. The molecular weight excluding hydrogens is 332 g/mol. The van der Waals surface area contributed by atoms with E-state index in [9.17, 15) is 9.59 Å². The average molecular weight is 354 g/mol. The minimum Gasteiger partial charge on any atom is -0.496 e. The molecule has 0 unspecified atom stereocenters. The van der Waals surface area contributed by atoms with Gasteiger partial charge in [-0.2, -0.15) is 0 Å². The zero-order valence-electron chi connectivity index (χ0n) is 15.0. The van der Waals surface area contributed by atoms with Gasteiger partial charge in [0, 0.05) is 26.2 Å². The first-order chi connectivity index (χ1) is 12.7. The molecule has 2 amide bonds. The maximum atomic E-state index is 12.7. The second-order valence-corrected chi connectivity index (χ2v) is 5.98. The third-order valence-corrected chi connectivity index (χ3v) is 4.53. The van der Waals surface area contributed by atoms with Gasteiger partial charge in [0.2, 0.25) is 0 Å². The molecule has 1 aliphatic rings. The van der Waals surface area contributed by atoms with Crippen LogP contribution in [0.4, 0.5) is 0 Å². The Morgan fingerprint density at radius 2 is 1.04 bits per heavy atom. The Labute approximate surface area is 152 Å². The van der Waals surface area contributed by atoms with Crippen LogP contribution in [0.3, 0.4) is 0 Å². The molecule has 1 fully saturated rings. The first-order valence-electron chi connectivity index (χ1n) is 8.50. The number of para-hydroxylation sites is 2. The van der Waals surface area contributed by atoms with Crippen molar-refractivity contribution in [2.75, 3.05) is 40.4 Å². The molecule has 1 heterocycles. The Balaban J connectivity index is 1.67. The number of amides is 2. The Hall–Kier alpha value is -3.02. The second kappa shape index (κ2) is 7.91. The number of carbonyl (C=O) groups excluding carboxylic acids is 2. The zero-order chi connectivity index (χ0) is 18.5. The van der Waals surface area contributed by atoms with Crippen molar-refractivity contribution in [3.05, 3.63) is 59.7 Å². The highest BCUT2D eigenvalue weighted by Gasteiger charge is 2.27. The van der Waals surface area contributed by atoms with E-state index in [2.05, 4.69) is 0 Å². The molecule has 1 saturated heterocycles. The van der Waals surface area contributed by atoms with Gasteiger partial charge in [-0.25, -0.2) is 0 Å². The normalized spacial score (nSPS) is 14.1. The third-order valence-electron chi connectivity index (χ3n) is 4.53. The molecule has 0 radical (unpaired) electrons. The second-order valence-electron chi connectivity index (χ2n) is 5.98. The first kappa shape index (κ1) is 17.8. The van der Waals surface area contributed by atoms with E-state index in [1.54, 1.807) is 48.3 Å². The number of rotatable bonds is 4. The highest BCUT2D eigenvalue weighted by molar-refractivity contribution is 5.98. The van der Waals surface area contributed by atoms with Crippen LogP contribution in [-0.4, -0.2) is 62.0 Å². The van der Waals surface area contributed by atoms with Crippen molar-refractivity contribution in [2.24, 2.45) is 0 Å². The van der Waals surface area contributed by atoms with Gasteiger partial charge in [0.05, 0.1) is 25.3 Å². The summed E-state index contributed by atoms with van der Waals surface area (Å²) in [6.45, 7) is 1.94. The van der Waals surface area contributed by atoms with Crippen LogP contribution in [0.15, 0.2) is 48.5 Å². The summed E-state index contributed by atoms with van der Waals surface area (Å²) in [5.41, 5.74) is 1.08. The zero-order valence-corrected chi connectivity index (χ0v) is 15.0. The largest absolute Gasteiger partial charge is 0.496 e. The number of piperazine rings is 1. The van der Waals surface area contributed by atoms with E-state index >= 15 is 0 Å². The molecule has 0 N–H and O–H groups in total. The smallest absolute Gasteiger partial charge is 0.257 e. The monoisotopic (exact) mass is 354 g/mol. The quantitative estimate of drug-likeness (QED) is 0.845. The summed E-state index contributed by atoms with van der Waals surface area (Å²) in [6, 6.07) is 14.4. The van der Waals surface area contributed by atoms with E-state index in [0.717, 1.165) is 0 Å². The van der Waals surface area contributed by atoms with Crippen molar-refractivity contribution < 1.29 is 19.1 Å². The van der Waals surface area contributed by atoms with Crippen molar-refractivity contribution in [2.45, 2.75) is 0 Å². The van der Waals surface area contributed by atoms with Gasteiger partial charge in [-0.3, -0.25) is 9.59 Å². The van der Waals surface area contributed by atoms with Crippen LogP contribution in [0.25, 0.3) is 0 Å². The van der Waals surface area contributed by atoms with Gasteiger partial charge >= 0.3 is 0 Å². The molecule has 26 heavy (non-hydrogen) atoms. The van der Waals surface area contributed by atoms with E-state index in [1.165, 1.54) is 0 Å². The number of methoxy groups -OCH3 is 2. The summed E-state index contributed by atoms with van der Waals surface area (Å²) in [5, 5.41) is 0. The highest BCUT2D eigenvalue weighted by atomic mass is 16.5. The van der Waals surface area contributed by atoms with Crippen LogP contribution in [0.1, 0.15) is 20.7 Å². The fourth-order valence-electron chi connectivity index (χ4n) is 3.10. The predicted molar refractivity (Wildman–Crippen MR) is 97.8 cm³/mol. The van der Waals surface area contributed by atoms with Crippen LogP contribution in [0.5, 0.6) is 11.5 Å². The lowest BCUT2D eigenvalue weighted by Crippen LogP contribution is -2.50. The number of hydrogen-bond acceptors (Lipinski definition) is 4. The molecule has 6 nitrogen and oxygen atoms in total. The van der Waals surface area contributed by atoms with Crippen molar-refractivity contribution >= 4 is 11.8 Å². The summed E-state index contributed by atoms with van der Waals surface area (Å²) in [6.07, 6.45) is 0. The minimum atomic E-state index is -0.0770. The number of carbonyl (C=O) groups is 2. The molecule has 0 atom stereocenters. The molecule has 0 bridgehead atoms. The molecule has 6 heteroatoms. The molecule has 1 aliphatic heterocycles. The van der Waals surface area contributed by atoms with Gasteiger partial charge in [-0.15, -0.1) is 0 Å². The van der Waals surface area contributed by atoms with Crippen LogP contribution >= 0.6 is 0 Å². The Morgan fingerprint density at radius 1 is 0.692 bits per heavy atom. The highest BCUT2D eigenvalue weighted by Crippen LogP contribution is 2.22. The Morgan fingerprint density at radius 3 is 1.38 bits per heavy atom. The molecule has 0 aromatic heterocycles. The lowest BCUT2D eigenvalue weighted by atomic mass is 10.1. The van der Waals surface area contributed by atoms with E-state index in [0.29, 0.717) is 48.8 Å². The van der Waals surface area contributed by atoms with Crippen molar-refractivity contribution in [1.82, 2.24) is 9.80 Å². The van der Waals surface area contributed by atoms with Gasteiger partial charge in [-0.1, -0.05) is 24.3 Å². The van der Waals surface area contributed by atoms with E-state index in [-0.39, 0.29) is 11.8 Å². The average Bonchev–Trinajstić information content (AvgIpc) is 2.72. The van der Waals surface area contributed by atoms with Crippen LogP contribution in [-0.2, 0) is 0 Å². The number of ether oxygens (including phenoxy) is 2. The molecular formula is C20H22N2O4. The first-order valence-corrected chi connectivity index (χ1v) is 8.50. The summed E-state index contributed by atoms with van der Waals surface area (Å²) in [5.74, 6) is 0.966. The summed E-state index contributed by atoms with van der Waals surface area (Å²) >= 11 is 0.